The van der Waals surface area contributed by atoms with Gasteiger partial charge in [0, 0.05) is 31.0 Å². The lowest BCUT2D eigenvalue weighted by atomic mass is 9.67. The van der Waals surface area contributed by atoms with Gasteiger partial charge in [-0.1, -0.05) is 25.5 Å². The Labute approximate surface area is 132 Å². The molecule has 3 aliphatic rings. The van der Waals surface area contributed by atoms with Gasteiger partial charge in [-0.15, -0.1) is 0 Å². The number of nitrogens with zero attached hydrogens (tertiary/aromatic N) is 1. The van der Waals surface area contributed by atoms with Crippen molar-refractivity contribution in [3.63, 3.8) is 0 Å². The van der Waals surface area contributed by atoms with Gasteiger partial charge in [-0.25, -0.2) is 0 Å². The summed E-state index contributed by atoms with van der Waals surface area (Å²) in [5.74, 6) is 1.26. The third-order valence-electron chi connectivity index (χ3n) is 5.53. The number of hydrogen-bond donors (Lipinski definition) is 0. The summed E-state index contributed by atoms with van der Waals surface area (Å²) in [5, 5.41) is 0. The number of unbranched alkanes of at least 4 members (excludes halogenated alkanes) is 1. The van der Waals surface area contributed by atoms with Crippen molar-refractivity contribution < 1.29 is 9.53 Å². The lowest BCUT2D eigenvalue weighted by molar-refractivity contribution is -0.116. The summed E-state index contributed by atoms with van der Waals surface area (Å²) in [6.07, 6.45) is 8.04. The van der Waals surface area contributed by atoms with E-state index in [0.29, 0.717) is 12.5 Å². The molecule has 0 spiro atoms. The number of ketones is 1. The highest BCUT2D eigenvalue weighted by Crippen LogP contribution is 2.50. The van der Waals surface area contributed by atoms with Crippen molar-refractivity contribution in [1.29, 1.82) is 0 Å². The molecule has 3 heteroatoms. The SMILES string of the molecule is CCCCOc1ccc2c(c1)CN1CCC23C=CC(=O)CC13. The quantitative estimate of drug-likeness (QED) is 0.799. The molecule has 3 atom stereocenters. The predicted octanol–water partition coefficient (Wildman–Crippen LogP) is 3.22. The molecule has 0 radical (unpaired) electrons. The molecule has 0 saturated carbocycles. The fraction of sp³-hybridized carbons (Fsp3) is 0.526. The minimum atomic E-state index is 0.0590. The van der Waals surface area contributed by atoms with Gasteiger partial charge in [0.15, 0.2) is 5.78 Å². The molecule has 3 unspecified atom stereocenters. The van der Waals surface area contributed by atoms with Gasteiger partial charge >= 0.3 is 0 Å². The second kappa shape index (κ2) is 5.24. The molecule has 2 bridgehead atoms. The maximum absolute atomic E-state index is 11.8. The van der Waals surface area contributed by atoms with E-state index in [-0.39, 0.29) is 11.2 Å². The molecule has 1 aromatic carbocycles. The van der Waals surface area contributed by atoms with Crippen molar-refractivity contribution in [2.45, 2.75) is 50.6 Å². The summed E-state index contributed by atoms with van der Waals surface area (Å²) in [5.41, 5.74) is 2.85. The standard InChI is InChI=1S/C19H23NO2/c1-2-3-10-22-16-4-5-17-14(11-16)13-20-9-8-19(17)7-6-15(21)12-18(19)20/h4-7,11,18H,2-3,8-10,12-13H2,1H3. The van der Waals surface area contributed by atoms with E-state index >= 15 is 0 Å². The predicted molar refractivity (Wildman–Crippen MR) is 86.1 cm³/mol. The van der Waals surface area contributed by atoms with Crippen LogP contribution in [0, 0.1) is 0 Å². The van der Waals surface area contributed by atoms with E-state index in [2.05, 4.69) is 36.1 Å². The minimum Gasteiger partial charge on any atom is -0.494 e. The van der Waals surface area contributed by atoms with Gasteiger partial charge < -0.3 is 4.74 Å². The van der Waals surface area contributed by atoms with Crippen molar-refractivity contribution >= 4 is 5.78 Å². The zero-order chi connectivity index (χ0) is 15.2. The van der Waals surface area contributed by atoms with Crippen molar-refractivity contribution in [1.82, 2.24) is 4.90 Å². The Kier molecular flexibility index (Phi) is 3.33. The van der Waals surface area contributed by atoms with Crippen LogP contribution >= 0.6 is 0 Å². The van der Waals surface area contributed by atoms with Gasteiger partial charge in [0.25, 0.3) is 0 Å². The molecule has 1 aliphatic carbocycles. The molecule has 3 nitrogen and oxygen atoms in total. The number of hydrogen-bond acceptors (Lipinski definition) is 3. The Hall–Kier alpha value is -1.61. The first-order chi connectivity index (χ1) is 10.7. The molecule has 2 aliphatic heterocycles. The smallest absolute Gasteiger partial charge is 0.157 e. The average Bonchev–Trinajstić information content (AvgIpc) is 2.79. The molecule has 1 saturated heterocycles. The van der Waals surface area contributed by atoms with Crippen LogP contribution in [0.1, 0.15) is 43.7 Å². The highest BCUT2D eigenvalue weighted by atomic mass is 16.5. The van der Waals surface area contributed by atoms with E-state index in [0.717, 1.165) is 44.7 Å². The second-order valence-corrected chi connectivity index (χ2v) is 6.80. The molecule has 2 heterocycles. The molecule has 22 heavy (non-hydrogen) atoms. The fourth-order valence-electron chi connectivity index (χ4n) is 4.37. The first-order valence-electron chi connectivity index (χ1n) is 8.45. The van der Waals surface area contributed by atoms with Crippen molar-refractivity contribution in [3.8, 4) is 5.75 Å². The minimum absolute atomic E-state index is 0.0590. The molecule has 1 aromatic rings. The summed E-state index contributed by atoms with van der Waals surface area (Å²) in [4.78, 5) is 14.3. The van der Waals surface area contributed by atoms with Gasteiger partial charge in [0.2, 0.25) is 0 Å². The Bertz CT molecular complexity index is 636. The van der Waals surface area contributed by atoms with Crippen LogP contribution in [0.4, 0.5) is 0 Å². The monoisotopic (exact) mass is 297 g/mol. The second-order valence-electron chi connectivity index (χ2n) is 6.80. The number of rotatable bonds is 4. The summed E-state index contributed by atoms with van der Waals surface area (Å²) in [6, 6.07) is 6.93. The van der Waals surface area contributed by atoms with Gasteiger partial charge in [-0.05, 0) is 42.2 Å². The summed E-state index contributed by atoms with van der Waals surface area (Å²) in [6.45, 7) is 5.01. The summed E-state index contributed by atoms with van der Waals surface area (Å²) < 4.78 is 5.86. The maximum atomic E-state index is 11.8. The van der Waals surface area contributed by atoms with Crippen molar-refractivity contribution in [2.24, 2.45) is 0 Å². The third kappa shape index (κ3) is 2.03. The highest BCUT2D eigenvalue weighted by Gasteiger charge is 2.52. The van der Waals surface area contributed by atoms with Crippen LogP contribution in [-0.2, 0) is 16.8 Å². The Morgan fingerprint density at radius 2 is 2.32 bits per heavy atom. The zero-order valence-electron chi connectivity index (χ0n) is 13.2. The maximum Gasteiger partial charge on any atom is 0.157 e. The van der Waals surface area contributed by atoms with Crippen LogP contribution in [0.15, 0.2) is 30.4 Å². The summed E-state index contributed by atoms with van der Waals surface area (Å²) in [7, 11) is 0. The van der Waals surface area contributed by atoms with Gasteiger partial charge in [0.1, 0.15) is 5.75 Å². The van der Waals surface area contributed by atoms with Crippen molar-refractivity contribution in [3.05, 3.63) is 41.5 Å². The van der Waals surface area contributed by atoms with E-state index in [4.69, 9.17) is 4.74 Å². The Balaban J connectivity index is 1.68. The molecule has 0 aromatic heterocycles. The number of fused-ring (bicyclic) bond motifs is 1. The molecule has 1 fully saturated rings. The van der Waals surface area contributed by atoms with Crippen molar-refractivity contribution in [2.75, 3.05) is 13.2 Å². The van der Waals surface area contributed by atoms with Crippen LogP contribution in [0.25, 0.3) is 0 Å². The molecule has 0 N–H and O–H groups in total. The van der Waals surface area contributed by atoms with E-state index in [1.54, 1.807) is 6.08 Å². The first-order valence-corrected chi connectivity index (χ1v) is 8.45. The first kappa shape index (κ1) is 14.0. The van der Waals surface area contributed by atoms with Crippen LogP contribution in [0.2, 0.25) is 0 Å². The molecular formula is C19H23NO2. The van der Waals surface area contributed by atoms with Gasteiger partial charge in [-0.2, -0.15) is 0 Å². The average molecular weight is 297 g/mol. The lowest BCUT2D eigenvalue weighted by Crippen LogP contribution is -2.48. The van der Waals surface area contributed by atoms with E-state index in [1.165, 1.54) is 11.1 Å². The number of carbonyl (C=O) groups excluding carboxylic acids is 1. The number of allylic oxidation sites excluding steroid dienone is 1. The highest BCUT2D eigenvalue weighted by molar-refractivity contribution is 5.92. The van der Waals surface area contributed by atoms with E-state index in [9.17, 15) is 4.79 Å². The zero-order valence-corrected chi connectivity index (χ0v) is 13.2. The van der Waals surface area contributed by atoms with E-state index < -0.39 is 0 Å². The summed E-state index contributed by atoms with van der Waals surface area (Å²) >= 11 is 0. The fourth-order valence-corrected chi connectivity index (χ4v) is 4.37. The molecule has 4 rings (SSSR count). The van der Waals surface area contributed by atoms with Crippen LogP contribution in [-0.4, -0.2) is 29.9 Å². The van der Waals surface area contributed by atoms with Crippen LogP contribution in [0.5, 0.6) is 5.75 Å². The van der Waals surface area contributed by atoms with Gasteiger partial charge in [0.05, 0.1) is 6.61 Å². The van der Waals surface area contributed by atoms with E-state index in [1.807, 2.05) is 0 Å². The molecular weight excluding hydrogens is 274 g/mol. The lowest BCUT2D eigenvalue weighted by Gasteiger charge is -2.43. The largest absolute Gasteiger partial charge is 0.494 e. The Morgan fingerprint density at radius 3 is 3.18 bits per heavy atom. The molecule has 0 amide bonds. The third-order valence-corrected chi connectivity index (χ3v) is 5.53. The van der Waals surface area contributed by atoms with Gasteiger partial charge in [-0.3, -0.25) is 9.69 Å². The van der Waals surface area contributed by atoms with Crippen LogP contribution in [0.3, 0.4) is 0 Å². The number of ether oxygens (including phenoxy) is 1. The van der Waals surface area contributed by atoms with Crippen LogP contribution < -0.4 is 4.74 Å². The molecule has 116 valence electrons. The number of benzene rings is 1. The number of carbonyl (C=O) groups is 1. The topological polar surface area (TPSA) is 29.5 Å². The Morgan fingerprint density at radius 1 is 1.41 bits per heavy atom. The normalized spacial score (nSPS) is 31.8.